The Morgan fingerprint density at radius 1 is 1.25 bits per heavy atom. The van der Waals surface area contributed by atoms with E-state index >= 15 is 0 Å². The van der Waals surface area contributed by atoms with Crippen LogP contribution in [0.5, 0.6) is 0 Å². The van der Waals surface area contributed by atoms with E-state index in [0.717, 1.165) is 43.5 Å². The molecule has 1 heterocycles. The van der Waals surface area contributed by atoms with Crippen LogP contribution < -0.4 is 10.2 Å². The molecule has 3 saturated carbocycles. The first-order chi connectivity index (χ1) is 11.6. The average Bonchev–Trinajstić information content (AvgIpc) is 2.82. The predicted molar refractivity (Wildman–Crippen MR) is 98.2 cm³/mol. The van der Waals surface area contributed by atoms with E-state index in [1.807, 2.05) is 11.0 Å². The molecule has 24 heavy (non-hydrogen) atoms. The first kappa shape index (κ1) is 16.0. The SMILES string of the molecule is CC1(C)C2CC[C@@H](CNC(=O)N3CCCCc4ccccc43)C1C2. The molecule has 2 unspecified atom stereocenters. The number of carbonyl (C=O) groups excluding carboxylic acids is 1. The van der Waals surface area contributed by atoms with Crippen molar-refractivity contribution in [3.63, 3.8) is 0 Å². The molecule has 3 aliphatic carbocycles. The zero-order valence-electron chi connectivity index (χ0n) is 15.1. The van der Waals surface area contributed by atoms with Crippen molar-refractivity contribution >= 4 is 11.7 Å². The Hall–Kier alpha value is -1.51. The number of rotatable bonds is 2. The summed E-state index contributed by atoms with van der Waals surface area (Å²) in [6.45, 7) is 6.53. The molecule has 2 bridgehead atoms. The van der Waals surface area contributed by atoms with Gasteiger partial charge in [-0.2, -0.15) is 0 Å². The normalized spacial score (nSPS) is 30.8. The molecule has 0 spiro atoms. The Labute approximate surface area is 145 Å². The molecule has 4 aliphatic rings. The molecule has 2 amide bonds. The standard InChI is InChI=1S/C21H30N2O/c1-21(2)17-11-10-16(18(21)13-17)14-22-20(24)23-12-6-5-8-15-7-3-4-9-19(15)23/h3-4,7,9,16-18H,5-6,8,10-14H2,1-2H3,(H,22,24)/t16-,17?,18?/m0/s1. The van der Waals surface area contributed by atoms with Gasteiger partial charge in [-0.15, -0.1) is 0 Å². The van der Waals surface area contributed by atoms with Gasteiger partial charge in [0.05, 0.1) is 0 Å². The second-order valence-corrected chi connectivity index (χ2v) is 8.62. The van der Waals surface area contributed by atoms with Crippen LogP contribution in [0, 0.1) is 23.2 Å². The van der Waals surface area contributed by atoms with Crippen molar-refractivity contribution in [2.24, 2.45) is 23.2 Å². The monoisotopic (exact) mass is 326 g/mol. The Bertz CT molecular complexity index is 622. The molecule has 1 aliphatic heterocycles. The molecule has 130 valence electrons. The van der Waals surface area contributed by atoms with Crippen LogP contribution in [0.4, 0.5) is 10.5 Å². The molecule has 3 heteroatoms. The van der Waals surface area contributed by atoms with Gasteiger partial charge < -0.3 is 5.32 Å². The smallest absolute Gasteiger partial charge is 0.321 e. The van der Waals surface area contributed by atoms with Gasteiger partial charge in [-0.05, 0) is 73.3 Å². The highest BCUT2D eigenvalue weighted by molar-refractivity contribution is 5.92. The van der Waals surface area contributed by atoms with E-state index in [1.165, 1.54) is 31.2 Å². The van der Waals surface area contributed by atoms with Gasteiger partial charge in [0.2, 0.25) is 0 Å². The molecule has 3 nitrogen and oxygen atoms in total. The largest absolute Gasteiger partial charge is 0.337 e. The second-order valence-electron chi connectivity index (χ2n) is 8.62. The highest BCUT2D eigenvalue weighted by Gasteiger charge is 2.53. The van der Waals surface area contributed by atoms with E-state index in [4.69, 9.17) is 0 Å². The molecular formula is C21H30N2O. The highest BCUT2D eigenvalue weighted by atomic mass is 16.2. The number of para-hydroxylation sites is 1. The fourth-order valence-electron chi connectivity index (χ4n) is 5.42. The number of anilines is 1. The zero-order valence-corrected chi connectivity index (χ0v) is 15.1. The first-order valence-corrected chi connectivity index (χ1v) is 9.70. The number of urea groups is 1. The van der Waals surface area contributed by atoms with Crippen molar-refractivity contribution in [3.05, 3.63) is 29.8 Å². The van der Waals surface area contributed by atoms with E-state index in [0.29, 0.717) is 11.3 Å². The minimum absolute atomic E-state index is 0.101. The molecule has 3 atom stereocenters. The summed E-state index contributed by atoms with van der Waals surface area (Å²) in [4.78, 5) is 14.8. The van der Waals surface area contributed by atoms with Gasteiger partial charge in [-0.3, -0.25) is 4.90 Å². The second kappa shape index (κ2) is 6.09. The summed E-state index contributed by atoms with van der Waals surface area (Å²) < 4.78 is 0. The van der Waals surface area contributed by atoms with Crippen LogP contribution in [0.1, 0.15) is 51.5 Å². The minimum Gasteiger partial charge on any atom is -0.337 e. The van der Waals surface area contributed by atoms with Crippen molar-refractivity contribution in [2.45, 2.75) is 52.4 Å². The van der Waals surface area contributed by atoms with Crippen LogP contribution in [0.2, 0.25) is 0 Å². The molecule has 1 aromatic carbocycles. The van der Waals surface area contributed by atoms with Crippen LogP contribution in [0.25, 0.3) is 0 Å². The Morgan fingerprint density at radius 3 is 2.88 bits per heavy atom. The third-order valence-corrected chi connectivity index (χ3v) is 7.12. The zero-order chi connectivity index (χ0) is 16.7. The van der Waals surface area contributed by atoms with Gasteiger partial charge in [0.15, 0.2) is 0 Å². The average molecular weight is 326 g/mol. The maximum absolute atomic E-state index is 12.9. The minimum atomic E-state index is 0.101. The molecule has 0 radical (unpaired) electrons. The summed E-state index contributed by atoms with van der Waals surface area (Å²) in [5, 5.41) is 3.27. The highest BCUT2D eigenvalue weighted by Crippen LogP contribution is 2.61. The maximum atomic E-state index is 12.9. The first-order valence-electron chi connectivity index (χ1n) is 9.70. The lowest BCUT2D eigenvalue weighted by molar-refractivity contribution is -0.103. The van der Waals surface area contributed by atoms with Gasteiger partial charge in [-0.1, -0.05) is 32.0 Å². The third kappa shape index (κ3) is 2.62. The van der Waals surface area contributed by atoms with Crippen molar-refractivity contribution in [3.8, 4) is 0 Å². The summed E-state index contributed by atoms with van der Waals surface area (Å²) in [7, 11) is 0. The van der Waals surface area contributed by atoms with Gasteiger partial charge in [0.25, 0.3) is 0 Å². The molecule has 0 aromatic heterocycles. The fraction of sp³-hybridized carbons (Fsp3) is 0.667. The van der Waals surface area contributed by atoms with Gasteiger partial charge in [0.1, 0.15) is 0 Å². The van der Waals surface area contributed by atoms with Crippen molar-refractivity contribution < 1.29 is 4.79 Å². The van der Waals surface area contributed by atoms with Crippen LogP contribution >= 0.6 is 0 Å². The van der Waals surface area contributed by atoms with Gasteiger partial charge in [0, 0.05) is 18.8 Å². The summed E-state index contributed by atoms with van der Waals surface area (Å²) in [5.74, 6) is 2.39. The lowest BCUT2D eigenvalue weighted by Gasteiger charge is -2.60. The molecule has 0 saturated heterocycles. The lowest BCUT2D eigenvalue weighted by atomic mass is 9.45. The van der Waals surface area contributed by atoms with Crippen LogP contribution in [0.15, 0.2) is 24.3 Å². The van der Waals surface area contributed by atoms with E-state index in [9.17, 15) is 4.79 Å². The number of fused-ring (bicyclic) bond motifs is 3. The Balaban J connectivity index is 1.42. The van der Waals surface area contributed by atoms with E-state index in [2.05, 4.69) is 37.4 Å². The summed E-state index contributed by atoms with van der Waals surface area (Å²) in [6.07, 6.45) is 7.34. The van der Waals surface area contributed by atoms with Crippen LogP contribution in [0.3, 0.4) is 0 Å². The number of benzene rings is 1. The number of carbonyl (C=O) groups is 1. The van der Waals surface area contributed by atoms with Crippen molar-refractivity contribution in [2.75, 3.05) is 18.0 Å². The third-order valence-electron chi connectivity index (χ3n) is 7.12. The van der Waals surface area contributed by atoms with Gasteiger partial charge >= 0.3 is 6.03 Å². The number of nitrogens with one attached hydrogen (secondary N) is 1. The van der Waals surface area contributed by atoms with Gasteiger partial charge in [-0.25, -0.2) is 4.79 Å². The quantitative estimate of drug-likeness (QED) is 0.845. The predicted octanol–water partition coefficient (Wildman–Crippen LogP) is 4.61. The summed E-state index contributed by atoms with van der Waals surface area (Å²) in [6, 6.07) is 8.49. The number of amides is 2. The maximum Gasteiger partial charge on any atom is 0.321 e. The number of nitrogens with zero attached hydrogens (tertiary/aromatic N) is 1. The number of aryl methyl sites for hydroxylation is 1. The van der Waals surface area contributed by atoms with Crippen LogP contribution in [-0.4, -0.2) is 19.1 Å². The molecule has 5 rings (SSSR count). The number of hydrogen-bond acceptors (Lipinski definition) is 1. The summed E-state index contributed by atoms with van der Waals surface area (Å²) in [5.41, 5.74) is 2.91. The lowest BCUT2D eigenvalue weighted by Crippen LogP contribution is -2.55. The fourth-order valence-corrected chi connectivity index (χ4v) is 5.42. The van der Waals surface area contributed by atoms with E-state index in [1.54, 1.807) is 0 Å². The molecule has 1 N–H and O–H groups in total. The number of hydrogen-bond donors (Lipinski definition) is 1. The van der Waals surface area contributed by atoms with E-state index in [-0.39, 0.29) is 6.03 Å². The molecular weight excluding hydrogens is 296 g/mol. The van der Waals surface area contributed by atoms with E-state index < -0.39 is 0 Å². The topological polar surface area (TPSA) is 32.3 Å². The molecule has 1 aromatic rings. The summed E-state index contributed by atoms with van der Waals surface area (Å²) >= 11 is 0. The van der Waals surface area contributed by atoms with Crippen molar-refractivity contribution in [1.82, 2.24) is 5.32 Å². The Kier molecular flexibility index (Phi) is 4.06. The Morgan fingerprint density at radius 2 is 2.08 bits per heavy atom. The molecule has 3 fully saturated rings. The van der Waals surface area contributed by atoms with Crippen molar-refractivity contribution in [1.29, 1.82) is 0 Å². The van der Waals surface area contributed by atoms with Crippen LogP contribution in [-0.2, 0) is 6.42 Å².